The smallest absolute Gasteiger partial charge is 0.223 e. The summed E-state index contributed by atoms with van der Waals surface area (Å²) in [5.41, 5.74) is 1.24. The molecule has 1 fully saturated rings. The van der Waals surface area contributed by atoms with E-state index in [1.54, 1.807) is 7.11 Å². The number of aryl methyl sites for hydroxylation is 2. The summed E-state index contributed by atoms with van der Waals surface area (Å²) in [5, 5.41) is 6.93. The van der Waals surface area contributed by atoms with Crippen molar-refractivity contribution in [2.75, 3.05) is 34.3 Å². The van der Waals surface area contributed by atoms with E-state index in [4.69, 9.17) is 4.74 Å². The van der Waals surface area contributed by atoms with Gasteiger partial charge in [0.05, 0.1) is 7.11 Å². The number of carbonyl (C=O) groups excluding carboxylic acids is 1. The predicted molar refractivity (Wildman–Crippen MR) is 99.2 cm³/mol. The molecule has 2 heterocycles. The number of ether oxygens (including phenoxy) is 1. The lowest BCUT2D eigenvalue weighted by molar-refractivity contribution is -0.130. The summed E-state index contributed by atoms with van der Waals surface area (Å²) in [6.45, 7) is 3.34. The highest BCUT2D eigenvalue weighted by Crippen LogP contribution is 2.31. The minimum absolute atomic E-state index is 0.162. The van der Waals surface area contributed by atoms with Gasteiger partial charge in [-0.15, -0.1) is 0 Å². The highest BCUT2D eigenvalue weighted by atomic mass is 16.5. The van der Waals surface area contributed by atoms with E-state index in [9.17, 15) is 4.79 Å². The zero-order chi connectivity index (χ0) is 18.7. The van der Waals surface area contributed by atoms with Crippen LogP contribution in [0, 0.1) is 6.92 Å². The van der Waals surface area contributed by atoms with Crippen LogP contribution in [0.2, 0.25) is 0 Å². The number of nitrogens with zero attached hydrogens (tertiary/aromatic N) is 4. The molecular weight excluding hydrogens is 330 g/mol. The molecule has 0 unspecified atom stereocenters. The summed E-state index contributed by atoms with van der Waals surface area (Å²) in [6, 6.07) is 8.48. The van der Waals surface area contributed by atoms with Crippen LogP contribution in [0.1, 0.15) is 29.6 Å². The number of hydrogen-bond donors (Lipinski definition) is 1. The van der Waals surface area contributed by atoms with E-state index in [-0.39, 0.29) is 5.91 Å². The summed E-state index contributed by atoms with van der Waals surface area (Å²) in [4.78, 5) is 21.1. The van der Waals surface area contributed by atoms with E-state index in [1.165, 1.54) is 5.56 Å². The Morgan fingerprint density at radius 2 is 2.04 bits per heavy atom. The van der Waals surface area contributed by atoms with Gasteiger partial charge in [-0.05, 0) is 38.7 Å². The van der Waals surface area contributed by atoms with Crippen molar-refractivity contribution in [2.24, 2.45) is 0 Å². The average Bonchev–Trinajstić information content (AvgIpc) is 3.26. The zero-order valence-electron chi connectivity index (χ0n) is 15.9. The molecule has 1 N–H and O–H groups in total. The van der Waals surface area contributed by atoms with Gasteiger partial charge in [-0.1, -0.05) is 12.1 Å². The first kappa shape index (κ1) is 18.4. The third-order valence-corrected chi connectivity index (χ3v) is 5.05. The van der Waals surface area contributed by atoms with Crippen LogP contribution in [0.5, 0.6) is 5.75 Å². The molecule has 1 amide bonds. The van der Waals surface area contributed by atoms with Crippen LogP contribution < -0.4 is 4.74 Å². The number of aromatic amines is 1. The molecule has 1 saturated heterocycles. The number of likely N-dealkylation sites (tertiary alicyclic amines) is 1. The normalized spacial score (nSPS) is 20.0. The fourth-order valence-corrected chi connectivity index (χ4v) is 3.57. The number of H-pyrrole nitrogens is 1. The van der Waals surface area contributed by atoms with Crippen LogP contribution >= 0.6 is 0 Å². The predicted octanol–water partition coefficient (Wildman–Crippen LogP) is 1.61. The van der Waals surface area contributed by atoms with Crippen LogP contribution in [0.25, 0.3) is 0 Å². The number of aromatic nitrogens is 3. The molecule has 140 valence electrons. The fraction of sp³-hybridized carbons (Fsp3) is 0.526. The van der Waals surface area contributed by atoms with Crippen LogP contribution in [0.15, 0.2) is 24.3 Å². The van der Waals surface area contributed by atoms with E-state index in [1.807, 2.05) is 24.0 Å². The summed E-state index contributed by atoms with van der Waals surface area (Å²) in [5.74, 6) is 2.79. The molecule has 7 nitrogen and oxygen atoms in total. The van der Waals surface area contributed by atoms with Gasteiger partial charge in [0.25, 0.3) is 0 Å². The lowest BCUT2D eigenvalue weighted by atomic mass is 9.93. The van der Waals surface area contributed by atoms with Gasteiger partial charge in [-0.3, -0.25) is 9.89 Å². The Balaban J connectivity index is 1.66. The molecule has 0 bridgehead atoms. The Kier molecular flexibility index (Phi) is 5.56. The molecule has 26 heavy (non-hydrogen) atoms. The molecule has 2 atom stereocenters. The second kappa shape index (κ2) is 7.86. The molecule has 7 heteroatoms. The summed E-state index contributed by atoms with van der Waals surface area (Å²) in [7, 11) is 5.82. The lowest BCUT2D eigenvalue weighted by Crippen LogP contribution is -2.35. The maximum Gasteiger partial charge on any atom is 0.223 e. The fourth-order valence-electron chi connectivity index (χ4n) is 3.57. The first-order chi connectivity index (χ1) is 12.5. The summed E-state index contributed by atoms with van der Waals surface area (Å²) >= 11 is 0. The van der Waals surface area contributed by atoms with E-state index in [2.05, 4.69) is 46.3 Å². The molecule has 1 aliphatic rings. The Labute approximate surface area is 154 Å². The van der Waals surface area contributed by atoms with Crippen molar-refractivity contribution in [3.05, 3.63) is 41.5 Å². The third kappa shape index (κ3) is 4.04. The van der Waals surface area contributed by atoms with Gasteiger partial charge in [0.2, 0.25) is 5.91 Å². The molecule has 0 saturated carbocycles. The molecule has 2 aromatic rings. The molecule has 1 aromatic carbocycles. The first-order valence-corrected chi connectivity index (χ1v) is 8.94. The summed E-state index contributed by atoms with van der Waals surface area (Å²) < 4.78 is 5.25. The Bertz CT molecular complexity index is 741. The molecule has 1 aliphatic heterocycles. The Morgan fingerprint density at radius 3 is 2.62 bits per heavy atom. The van der Waals surface area contributed by atoms with Gasteiger partial charge in [-0.25, -0.2) is 4.98 Å². The van der Waals surface area contributed by atoms with Gasteiger partial charge >= 0.3 is 0 Å². The third-order valence-electron chi connectivity index (χ3n) is 5.05. The van der Waals surface area contributed by atoms with Gasteiger partial charge in [-0.2, -0.15) is 5.10 Å². The highest BCUT2D eigenvalue weighted by Gasteiger charge is 2.37. The van der Waals surface area contributed by atoms with E-state index in [0.717, 1.165) is 24.7 Å². The van der Waals surface area contributed by atoms with Gasteiger partial charge in [0, 0.05) is 37.9 Å². The van der Waals surface area contributed by atoms with Crippen molar-refractivity contribution in [3.8, 4) is 5.75 Å². The van der Waals surface area contributed by atoms with Crippen LogP contribution in [-0.2, 0) is 11.2 Å². The molecule has 0 spiro atoms. The number of methoxy groups -OCH3 is 1. The zero-order valence-corrected chi connectivity index (χ0v) is 15.9. The monoisotopic (exact) mass is 357 g/mol. The second-order valence-electron chi connectivity index (χ2n) is 7.05. The van der Waals surface area contributed by atoms with Crippen LogP contribution in [0.4, 0.5) is 0 Å². The maximum atomic E-state index is 12.7. The van der Waals surface area contributed by atoms with E-state index >= 15 is 0 Å². The van der Waals surface area contributed by atoms with Gasteiger partial charge < -0.3 is 14.5 Å². The van der Waals surface area contributed by atoms with Crippen LogP contribution in [-0.4, -0.2) is 71.2 Å². The molecule has 0 radical (unpaired) electrons. The Hall–Kier alpha value is -2.41. The molecule has 0 aliphatic carbocycles. The van der Waals surface area contributed by atoms with Crippen molar-refractivity contribution in [1.82, 2.24) is 25.0 Å². The van der Waals surface area contributed by atoms with Crippen molar-refractivity contribution >= 4 is 5.91 Å². The van der Waals surface area contributed by atoms with Gasteiger partial charge in [0.15, 0.2) is 5.82 Å². The van der Waals surface area contributed by atoms with Crippen molar-refractivity contribution in [1.29, 1.82) is 0 Å². The standard InChI is InChI=1S/C19H27N5O2/c1-13-20-18(22-21-13)9-10-19(25)24-11-16(17(12-24)23(2)3)14-5-7-15(26-4)8-6-14/h5-8,16-17H,9-12H2,1-4H3,(H,20,21,22)/t16-,17+/m0/s1. The number of benzene rings is 1. The second-order valence-corrected chi connectivity index (χ2v) is 7.05. The largest absolute Gasteiger partial charge is 0.497 e. The molecule has 1 aromatic heterocycles. The Morgan fingerprint density at radius 1 is 1.31 bits per heavy atom. The average molecular weight is 357 g/mol. The first-order valence-electron chi connectivity index (χ1n) is 8.94. The topological polar surface area (TPSA) is 74.3 Å². The van der Waals surface area contributed by atoms with Crippen molar-refractivity contribution < 1.29 is 9.53 Å². The van der Waals surface area contributed by atoms with E-state index < -0.39 is 0 Å². The highest BCUT2D eigenvalue weighted by molar-refractivity contribution is 5.77. The SMILES string of the molecule is COc1ccc([C@@H]2CN(C(=O)CCc3n[nH]c(C)n3)C[C@H]2N(C)C)cc1. The van der Waals surface area contributed by atoms with Gasteiger partial charge in [0.1, 0.15) is 11.6 Å². The number of amides is 1. The van der Waals surface area contributed by atoms with Crippen molar-refractivity contribution in [2.45, 2.75) is 31.7 Å². The molecular formula is C19H27N5O2. The number of likely N-dealkylation sites (N-methyl/N-ethyl adjacent to an activating group) is 1. The minimum atomic E-state index is 0.162. The van der Waals surface area contributed by atoms with Crippen molar-refractivity contribution in [3.63, 3.8) is 0 Å². The number of rotatable bonds is 6. The lowest BCUT2D eigenvalue weighted by Gasteiger charge is -2.25. The summed E-state index contributed by atoms with van der Waals surface area (Å²) in [6.07, 6.45) is 1.01. The van der Waals surface area contributed by atoms with E-state index in [0.29, 0.717) is 30.6 Å². The molecule has 3 rings (SSSR count). The number of carbonyl (C=O) groups is 1. The van der Waals surface area contributed by atoms with Crippen LogP contribution in [0.3, 0.4) is 0 Å². The maximum absolute atomic E-state index is 12.7. The quantitative estimate of drug-likeness (QED) is 0.850. The minimum Gasteiger partial charge on any atom is -0.497 e. The number of nitrogens with one attached hydrogen (secondary N) is 1. The number of hydrogen-bond acceptors (Lipinski definition) is 5.